The topological polar surface area (TPSA) is 43.6 Å². The summed E-state index contributed by atoms with van der Waals surface area (Å²) in [5, 5.41) is 0. The lowest BCUT2D eigenvalue weighted by Gasteiger charge is -2.13. The SMILES string of the molecule is CCC1C=CC=Cc2c1ccc1c2nc(CCc2cnc3c(C)ccc(C)c3n2)n1C. The van der Waals surface area contributed by atoms with Crippen molar-refractivity contribution < 1.29 is 0 Å². The van der Waals surface area contributed by atoms with E-state index in [9.17, 15) is 0 Å². The van der Waals surface area contributed by atoms with Crippen molar-refractivity contribution in [3.05, 3.63) is 82.5 Å². The van der Waals surface area contributed by atoms with Crippen molar-refractivity contribution in [3.8, 4) is 0 Å². The molecule has 4 nitrogen and oxygen atoms in total. The highest BCUT2D eigenvalue weighted by Gasteiger charge is 2.18. The highest BCUT2D eigenvalue weighted by molar-refractivity contribution is 5.88. The first-order chi connectivity index (χ1) is 15.1. The van der Waals surface area contributed by atoms with Crippen LogP contribution in [0.2, 0.25) is 0 Å². The Morgan fingerprint density at radius 3 is 2.52 bits per heavy atom. The van der Waals surface area contributed by atoms with E-state index in [0.29, 0.717) is 5.92 Å². The summed E-state index contributed by atoms with van der Waals surface area (Å²) in [6.45, 7) is 6.43. The summed E-state index contributed by atoms with van der Waals surface area (Å²) in [5.74, 6) is 1.53. The fourth-order valence-corrected chi connectivity index (χ4v) is 4.63. The fourth-order valence-electron chi connectivity index (χ4n) is 4.63. The Bertz CT molecular complexity index is 1360. The fraction of sp³-hybridized carbons (Fsp3) is 0.296. The molecule has 31 heavy (non-hydrogen) atoms. The lowest BCUT2D eigenvalue weighted by atomic mass is 9.92. The summed E-state index contributed by atoms with van der Waals surface area (Å²) in [4.78, 5) is 14.7. The standard InChI is InChI=1S/C27H28N4/c1-5-19-8-6-7-9-22-21(19)13-14-23-27(22)30-24(31(23)4)15-12-20-16-28-25-17(2)10-11-18(3)26(25)29-20/h6-11,13-14,16,19H,5,12,15H2,1-4H3. The van der Waals surface area contributed by atoms with E-state index in [-0.39, 0.29) is 0 Å². The van der Waals surface area contributed by atoms with E-state index in [2.05, 4.69) is 81.0 Å². The molecule has 0 fully saturated rings. The van der Waals surface area contributed by atoms with E-state index in [4.69, 9.17) is 15.0 Å². The first-order valence-electron chi connectivity index (χ1n) is 11.1. The monoisotopic (exact) mass is 408 g/mol. The van der Waals surface area contributed by atoms with E-state index < -0.39 is 0 Å². The molecular weight excluding hydrogens is 380 g/mol. The van der Waals surface area contributed by atoms with Gasteiger partial charge in [-0.05, 0) is 49.4 Å². The third-order valence-corrected chi connectivity index (χ3v) is 6.53. The third kappa shape index (κ3) is 3.36. The number of allylic oxidation sites excluding steroid dienone is 3. The summed E-state index contributed by atoms with van der Waals surface area (Å²) in [6.07, 6.45) is 13.5. The molecule has 2 aromatic heterocycles. The molecule has 0 saturated carbocycles. The van der Waals surface area contributed by atoms with Crippen LogP contribution in [0.3, 0.4) is 0 Å². The van der Waals surface area contributed by atoms with Crippen molar-refractivity contribution >= 4 is 28.1 Å². The molecule has 5 rings (SSSR count). The van der Waals surface area contributed by atoms with Crippen LogP contribution in [0.25, 0.3) is 28.1 Å². The molecule has 0 N–H and O–H groups in total. The van der Waals surface area contributed by atoms with Gasteiger partial charge in [0.2, 0.25) is 0 Å². The van der Waals surface area contributed by atoms with Gasteiger partial charge in [-0.25, -0.2) is 9.97 Å². The number of hydrogen-bond acceptors (Lipinski definition) is 3. The van der Waals surface area contributed by atoms with Crippen LogP contribution in [0.4, 0.5) is 0 Å². The van der Waals surface area contributed by atoms with Crippen LogP contribution in [-0.2, 0) is 19.9 Å². The van der Waals surface area contributed by atoms with Gasteiger partial charge in [0, 0.05) is 31.1 Å². The van der Waals surface area contributed by atoms with Gasteiger partial charge in [-0.15, -0.1) is 0 Å². The molecule has 4 heteroatoms. The van der Waals surface area contributed by atoms with Crippen molar-refractivity contribution in [3.63, 3.8) is 0 Å². The highest BCUT2D eigenvalue weighted by atomic mass is 15.1. The minimum atomic E-state index is 0.444. The van der Waals surface area contributed by atoms with Crippen LogP contribution in [0, 0.1) is 13.8 Å². The molecule has 4 aromatic rings. The summed E-state index contributed by atoms with van der Waals surface area (Å²) >= 11 is 0. The summed E-state index contributed by atoms with van der Waals surface area (Å²) in [6, 6.07) is 8.74. The molecule has 2 aromatic carbocycles. The Balaban J connectivity index is 1.49. The Kier molecular flexibility index (Phi) is 4.93. The van der Waals surface area contributed by atoms with Crippen LogP contribution < -0.4 is 0 Å². The van der Waals surface area contributed by atoms with E-state index in [1.54, 1.807) is 0 Å². The predicted octanol–water partition coefficient (Wildman–Crippen LogP) is 6.00. The van der Waals surface area contributed by atoms with Gasteiger partial charge in [-0.2, -0.15) is 0 Å². The largest absolute Gasteiger partial charge is 0.331 e. The molecule has 1 atom stereocenters. The lowest BCUT2D eigenvalue weighted by Crippen LogP contribution is -2.03. The molecule has 1 aliphatic rings. The molecule has 2 heterocycles. The van der Waals surface area contributed by atoms with Gasteiger partial charge in [0.05, 0.1) is 27.8 Å². The van der Waals surface area contributed by atoms with Crippen molar-refractivity contribution in [2.75, 3.05) is 0 Å². The molecule has 0 spiro atoms. The van der Waals surface area contributed by atoms with Crippen molar-refractivity contribution in [1.82, 2.24) is 19.5 Å². The van der Waals surface area contributed by atoms with Gasteiger partial charge in [-0.3, -0.25) is 4.98 Å². The van der Waals surface area contributed by atoms with E-state index >= 15 is 0 Å². The van der Waals surface area contributed by atoms with Crippen molar-refractivity contribution in [2.45, 2.75) is 46.0 Å². The molecule has 0 radical (unpaired) electrons. The normalized spacial score (nSPS) is 15.5. The number of hydrogen-bond donors (Lipinski definition) is 0. The number of aryl methyl sites for hydroxylation is 5. The third-order valence-electron chi connectivity index (χ3n) is 6.53. The van der Waals surface area contributed by atoms with Crippen LogP contribution in [0.1, 0.15) is 53.0 Å². The van der Waals surface area contributed by atoms with Gasteiger partial charge in [0.15, 0.2) is 0 Å². The Morgan fingerprint density at radius 2 is 1.71 bits per heavy atom. The molecule has 156 valence electrons. The first-order valence-corrected chi connectivity index (χ1v) is 11.1. The second-order valence-electron chi connectivity index (χ2n) is 8.54. The Labute approximate surface area is 183 Å². The zero-order valence-electron chi connectivity index (χ0n) is 18.7. The second-order valence-corrected chi connectivity index (χ2v) is 8.54. The number of benzene rings is 2. The van der Waals surface area contributed by atoms with Crippen LogP contribution in [0.15, 0.2) is 48.7 Å². The van der Waals surface area contributed by atoms with Crippen molar-refractivity contribution in [2.24, 2.45) is 7.05 Å². The zero-order chi connectivity index (χ0) is 21.5. The maximum absolute atomic E-state index is 5.08. The molecule has 0 amide bonds. The van der Waals surface area contributed by atoms with Gasteiger partial charge in [0.1, 0.15) is 5.82 Å². The number of nitrogens with zero attached hydrogens (tertiary/aromatic N) is 4. The van der Waals surface area contributed by atoms with Gasteiger partial charge < -0.3 is 4.57 Å². The number of fused-ring (bicyclic) bond motifs is 4. The van der Waals surface area contributed by atoms with Crippen molar-refractivity contribution in [1.29, 1.82) is 0 Å². The first kappa shape index (κ1) is 19.7. The number of aromatic nitrogens is 4. The van der Waals surface area contributed by atoms with Crippen LogP contribution in [0.5, 0.6) is 0 Å². The molecule has 0 saturated heterocycles. The Hall–Kier alpha value is -3.27. The molecule has 1 unspecified atom stereocenters. The highest BCUT2D eigenvalue weighted by Crippen LogP contribution is 2.33. The van der Waals surface area contributed by atoms with Gasteiger partial charge >= 0.3 is 0 Å². The maximum atomic E-state index is 5.08. The molecule has 0 aliphatic heterocycles. The second kappa shape index (κ2) is 7.77. The minimum absolute atomic E-state index is 0.444. The smallest absolute Gasteiger partial charge is 0.110 e. The zero-order valence-corrected chi connectivity index (χ0v) is 18.7. The molecular formula is C27H28N4. The summed E-state index contributed by atoms with van der Waals surface area (Å²) in [5.41, 5.74) is 10.3. The van der Waals surface area contributed by atoms with E-state index in [1.807, 2.05) is 6.20 Å². The summed E-state index contributed by atoms with van der Waals surface area (Å²) < 4.78 is 2.23. The maximum Gasteiger partial charge on any atom is 0.110 e. The Morgan fingerprint density at radius 1 is 0.903 bits per heavy atom. The minimum Gasteiger partial charge on any atom is -0.331 e. The average Bonchev–Trinajstić information content (AvgIpc) is 2.96. The quantitative estimate of drug-likeness (QED) is 0.416. The molecule has 0 bridgehead atoms. The number of imidazole rings is 1. The van der Waals surface area contributed by atoms with Gasteiger partial charge in [-0.1, -0.05) is 49.4 Å². The van der Waals surface area contributed by atoms with Crippen LogP contribution in [-0.4, -0.2) is 19.5 Å². The molecule has 1 aliphatic carbocycles. The summed E-state index contributed by atoms with van der Waals surface area (Å²) in [7, 11) is 2.12. The average molecular weight is 409 g/mol. The predicted molar refractivity (Wildman–Crippen MR) is 128 cm³/mol. The van der Waals surface area contributed by atoms with E-state index in [0.717, 1.165) is 47.3 Å². The van der Waals surface area contributed by atoms with E-state index in [1.165, 1.54) is 27.8 Å². The number of rotatable bonds is 4. The lowest BCUT2D eigenvalue weighted by molar-refractivity contribution is 0.775. The van der Waals surface area contributed by atoms with Crippen LogP contribution >= 0.6 is 0 Å². The van der Waals surface area contributed by atoms with Gasteiger partial charge in [0.25, 0.3) is 0 Å².